The molecule has 0 saturated heterocycles. The Bertz CT molecular complexity index is 1570. The van der Waals surface area contributed by atoms with Gasteiger partial charge in [0.1, 0.15) is 0 Å². The van der Waals surface area contributed by atoms with E-state index in [4.69, 9.17) is 5.02 Å². The van der Waals surface area contributed by atoms with E-state index in [9.17, 15) is 0 Å². The van der Waals surface area contributed by atoms with E-state index in [0.717, 1.165) is 13.4 Å². The molecule has 6 heteroatoms. The molecule has 6 aromatic carbocycles. The van der Waals surface area contributed by atoms with Gasteiger partial charge < -0.3 is 9.68 Å². The van der Waals surface area contributed by atoms with Crippen LogP contribution in [0.5, 0.6) is 5.75 Å². The van der Waals surface area contributed by atoms with E-state index in [1.165, 1.54) is 32.7 Å². The molecule has 0 heterocycles. The summed E-state index contributed by atoms with van der Waals surface area (Å²) in [6.45, 7) is 0. The summed E-state index contributed by atoms with van der Waals surface area (Å²) >= 11 is 10.6. The standard InChI is InChI=1S/C16H11Br.C10H6Br2.C6H6BO2/c17-16-11-5-9-14-13(8-4-10-15(14)16)12-6-2-1-3-7-12;11-9-5-1-3-7-8(9)4-2-6-10(7)12;8-7-9-6-4-2-1-3-5-6/h1-11H;1-6H;1-5,8H. The zero-order valence-electron chi connectivity index (χ0n) is 20.3. The number of hydrogen-bond acceptors (Lipinski definition) is 2. The lowest BCUT2D eigenvalue weighted by atomic mass is 9.98. The third kappa shape index (κ3) is 7.36. The van der Waals surface area contributed by atoms with Crippen molar-refractivity contribution in [1.29, 1.82) is 0 Å². The Kier molecular flexibility index (Phi) is 10.6. The summed E-state index contributed by atoms with van der Waals surface area (Å²) in [6.07, 6.45) is 0. The maximum Gasteiger partial charge on any atom is 0.569 e. The van der Waals surface area contributed by atoms with Gasteiger partial charge in [-0.1, -0.05) is 151 Å². The van der Waals surface area contributed by atoms with Crippen molar-refractivity contribution in [1.82, 2.24) is 0 Å². The second kappa shape index (κ2) is 14.3. The van der Waals surface area contributed by atoms with Crippen molar-refractivity contribution in [2.75, 3.05) is 0 Å². The molecule has 0 aliphatic carbocycles. The van der Waals surface area contributed by atoms with Crippen molar-refractivity contribution in [2.24, 2.45) is 0 Å². The molecule has 1 N–H and O–H groups in total. The number of fused-ring (bicyclic) bond motifs is 2. The second-order valence-electron chi connectivity index (χ2n) is 8.12. The number of benzene rings is 6. The van der Waals surface area contributed by atoms with Crippen molar-refractivity contribution in [3.63, 3.8) is 0 Å². The normalized spacial score (nSPS) is 10.1. The molecule has 6 aromatic rings. The second-order valence-corrected chi connectivity index (χ2v) is 10.7. The summed E-state index contributed by atoms with van der Waals surface area (Å²) in [4.78, 5) is 0. The van der Waals surface area contributed by atoms with Crippen LogP contribution in [0.15, 0.2) is 147 Å². The fraction of sp³-hybridized carbons (Fsp3) is 0. The molecule has 0 aliphatic heterocycles. The van der Waals surface area contributed by atoms with Crippen LogP contribution >= 0.6 is 47.8 Å². The third-order valence-corrected chi connectivity index (χ3v) is 7.78. The highest BCUT2D eigenvalue weighted by Crippen LogP contribution is 2.32. The minimum atomic E-state index is 0.639. The molecule has 0 unspecified atom stereocenters. The van der Waals surface area contributed by atoms with E-state index < -0.39 is 0 Å². The SMILES string of the molecule is Brc1cccc2c(-c3ccccc3)cccc12.Brc1cccc2c(Br)cccc12.O[B]Oc1ccccc1. The lowest BCUT2D eigenvalue weighted by molar-refractivity contribution is 0.454. The Morgan fingerprint density at radius 1 is 0.447 bits per heavy atom. The van der Waals surface area contributed by atoms with E-state index in [-0.39, 0.29) is 0 Å². The van der Waals surface area contributed by atoms with Crippen molar-refractivity contribution < 1.29 is 9.68 Å². The molecule has 0 aliphatic rings. The molecular weight excluding hydrogens is 667 g/mol. The zero-order chi connectivity index (χ0) is 26.7. The average Bonchev–Trinajstić information content (AvgIpc) is 2.96. The molecule has 0 aromatic heterocycles. The molecule has 0 bridgehead atoms. The van der Waals surface area contributed by atoms with E-state index in [1.54, 1.807) is 12.1 Å². The van der Waals surface area contributed by atoms with Gasteiger partial charge in [0.05, 0.1) is 5.75 Å². The Morgan fingerprint density at radius 3 is 1.37 bits per heavy atom. The van der Waals surface area contributed by atoms with Gasteiger partial charge in [0.2, 0.25) is 0 Å². The summed E-state index contributed by atoms with van der Waals surface area (Å²) in [5.41, 5.74) is 2.54. The van der Waals surface area contributed by atoms with Crippen LogP contribution in [0.1, 0.15) is 0 Å². The summed E-state index contributed by atoms with van der Waals surface area (Å²) in [6, 6.07) is 44.7. The molecule has 1 radical (unpaired) electrons. The van der Waals surface area contributed by atoms with Gasteiger partial charge in [-0.2, -0.15) is 0 Å². The number of halogens is 3. The largest absolute Gasteiger partial charge is 0.569 e. The lowest BCUT2D eigenvalue weighted by Crippen LogP contribution is -1.98. The average molecular weight is 690 g/mol. The number of para-hydroxylation sites is 1. The smallest absolute Gasteiger partial charge is 0.537 e. The fourth-order valence-corrected chi connectivity index (χ4v) is 5.43. The van der Waals surface area contributed by atoms with Gasteiger partial charge in [-0.05, 0) is 63.0 Å². The first kappa shape index (κ1) is 28.1. The minimum absolute atomic E-state index is 0.639. The van der Waals surface area contributed by atoms with Gasteiger partial charge >= 0.3 is 7.69 Å². The molecule has 0 fully saturated rings. The van der Waals surface area contributed by atoms with Crippen LogP contribution in [0.2, 0.25) is 0 Å². The van der Waals surface area contributed by atoms with Crippen LogP contribution in [-0.2, 0) is 0 Å². The van der Waals surface area contributed by atoms with Crippen molar-refractivity contribution in [3.05, 3.63) is 147 Å². The molecular formula is C32H23BBr3O2. The van der Waals surface area contributed by atoms with Gasteiger partial charge in [-0.25, -0.2) is 0 Å². The van der Waals surface area contributed by atoms with Gasteiger partial charge in [0, 0.05) is 13.4 Å². The van der Waals surface area contributed by atoms with Gasteiger partial charge in [0.25, 0.3) is 0 Å². The van der Waals surface area contributed by atoms with Gasteiger partial charge in [-0.15, -0.1) is 0 Å². The van der Waals surface area contributed by atoms with Crippen LogP contribution in [0, 0.1) is 0 Å². The Morgan fingerprint density at radius 2 is 0.868 bits per heavy atom. The molecule has 0 saturated carbocycles. The highest BCUT2D eigenvalue weighted by Gasteiger charge is 2.04. The molecule has 2 nitrogen and oxygen atoms in total. The highest BCUT2D eigenvalue weighted by molar-refractivity contribution is 9.11. The maximum atomic E-state index is 8.17. The first-order valence-corrected chi connectivity index (χ1v) is 14.2. The maximum absolute atomic E-state index is 8.17. The van der Waals surface area contributed by atoms with Gasteiger partial charge in [-0.3, -0.25) is 0 Å². The van der Waals surface area contributed by atoms with Gasteiger partial charge in [0.15, 0.2) is 0 Å². The Labute approximate surface area is 249 Å². The van der Waals surface area contributed by atoms with Crippen LogP contribution in [0.3, 0.4) is 0 Å². The molecule has 0 amide bonds. The Balaban J connectivity index is 0.000000141. The zero-order valence-corrected chi connectivity index (χ0v) is 25.0. The summed E-state index contributed by atoms with van der Waals surface area (Å²) in [5.74, 6) is 0.639. The van der Waals surface area contributed by atoms with E-state index in [1.807, 2.05) is 36.4 Å². The van der Waals surface area contributed by atoms with Crippen LogP contribution in [-0.4, -0.2) is 12.7 Å². The summed E-state index contributed by atoms with van der Waals surface area (Å²) in [7, 11) is 0.662. The van der Waals surface area contributed by atoms with Crippen LogP contribution in [0.25, 0.3) is 32.7 Å². The van der Waals surface area contributed by atoms with Crippen LogP contribution in [0.4, 0.5) is 0 Å². The highest BCUT2D eigenvalue weighted by atomic mass is 79.9. The van der Waals surface area contributed by atoms with E-state index in [2.05, 4.69) is 137 Å². The van der Waals surface area contributed by atoms with Crippen molar-refractivity contribution >= 4 is 77.0 Å². The molecule has 0 spiro atoms. The monoisotopic (exact) mass is 687 g/mol. The number of rotatable bonds is 3. The Hall–Kier alpha value is -2.90. The lowest BCUT2D eigenvalue weighted by Gasteiger charge is -2.07. The fourth-order valence-electron chi connectivity index (χ4n) is 3.93. The predicted molar refractivity (Wildman–Crippen MR) is 171 cm³/mol. The summed E-state index contributed by atoms with van der Waals surface area (Å²) in [5, 5.41) is 13.2. The third-order valence-electron chi connectivity index (χ3n) is 5.70. The molecule has 187 valence electrons. The van der Waals surface area contributed by atoms with Crippen LogP contribution < -0.4 is 4.65 Å². The first-order valence-electron chi connectivity index (χ1n) is 11.8. The quantitative estimate of drug-likeness (QED) is 0.188. The van der Waals surface area contributed by atoms with Crippen molar-refractivity contribution in [2.45, 2.75) is 0 Å². The summed E-state index contributed by atoms with van der Waals surface area (Å²) < 4.78 is 8.06. The van der Waals surface area contributed by atoms with Crippen molar-refractivity contribution in [3.8, 4) is 16.9 Å². The van der Waals surface area contributed by atoms with E-state index in [0.29, 0.717) is 13.4 Å². The molecule has 0 atom stereocenters. The first-order chi connectivity index (χ1) is 18.6. The molecule has 38 heavy (non-hydrogen) atoms. The van der Waals surface area contributed by atoms with E-state index >= 15 is 0 Å². The topological polar surface area (TPSA) is 29.5 Å². The number of hydrogen-bond donors (Lipinski definition) is 1. The predicted octanol–water partition coefficient (Wildman–Crippen LogP) is 10.2. The minimum Gasteiger partial charge on any atom is -0.537 e. The molecule has 6 rings (SSSR count).